The van der Waals surface area contributed by atoms with Gasteiger partial charge in [0.05, 0.1) is 0 Å². The zero-order chi connectivity index (χ0) is 15.6. The lowest BCUT2D eigenvalue weighted by Gasteiger charge is -2.25. The summed E-state index contributed by atoms with van der Waals surface area (Å²) in [6, 6.07) is 2.19. The van der Waals surface area contributed by atoms with E-state index in [1.54, 1.807) is 31.1 Å². The molecule has 7 heteroatoms. The van der Waals surface area contributed by atoms with Crippen molar-refractivity contribution in [1.29, 1.82) is 0 Å². The Kier molecular flexibility index (Phi) is 5.40. The monoisotopic (exact) mass is 331 g/mol. The predicted molar refractivity (Wildman–Crippen MR) is 88.0 cm³/mol. The number of hydrogen-bond acceptors (Lipinski definition) is 4. The van der Waals surface area contributed by atoms with Crippen LogP contribution in [0.5, 0.6) is 0 Å². The highest BCUT2D eigenvalue weighted by Crippen LogP contribution is 2.37. The number of nitrogens with zero attached hydrogens (tertiary/aromatic N) is 2. The van der Waals surface area contributed by atoms with Crippen molar-refractivity contribution in [2.45, 2.75) is 49.7 Å². The molecule has 1 aliphatic rings. The smallest absolute Gasteiger partial charge is 0.244 e. The van der Waals surface area contributed by atoms with Crippen molar-refractivity contribution < 1.29 is 8.42 Å². The van der Waals surface area contributed by atoms with E-state index in [2.05, 4.69) is 0 Å². The third kappa shape index (κ3) is 3.47. The highest BCUT2D eigenvalue weighted by molar-refractivity contribution is 7.98. The molecular formula is C14H25N3O2S2. The fourth-order valence-corrected chi connectivity index (χ4v) is 4.95. The van der Waals surface area contributed by atoms with Crippen LogP contribution in [0.4, 0.5) is 0 Å². The summed E-state index contributed by atoms with van der Waals surface area (Å²) in [7, 11) is -1.77. The number of thioether (sulfide) groups is 1. The van der Waals surface area contributed by atoms with E-state index in [1.807, 2.05) is 17.7 Å². The minimum Gasteiger partial charge on any atom is -0.346 e. The maximum Gasteiger partial charge on any atom is 0.244 e. The van der Waals surface area contributed by atoms with Gasteiger partial charge in [0.2, 0.25) is 10.0 Å². The number of rotatable bonds is 8. The van der Waals surface area contributed by atoms with Crippen molar-refractivity contribution in [2.75, 3.05) is 19.1 Å². The van der Waals surface area contributed by atoms with Crippen LogP contribution in [-0.4, -0.2) is 42.4 Å². The molecule has 1 unspecified atom stereocenters. The van der Waals surface area contributed by atoms with E-state index in [1.165, 1.54) is 4.31 Å². The van der Waals surface area contributed by atoms with Crippen molar-refractivity contribution in [1.82, 2.24) is 8.87 Å². The summed E-state index contributed by atoms with van der Waals surface area (Å²) >= 11 is 1.67. The first-order valence-electron chi connectivity index (χ1n) is 7.33. The van der Waals surface area contributed by atoms with Gasteiger partial charge in [0.1, 0.15) is 4.90 Å². The molecule has 0 bridgehead atoms. The van der Waals surface area contributed by atoms with Crippen LogP contribution in [0.3, 0.4) is 0 Å². The molecule has 0 aliphatic heterocycles. The molecule has 1 saturated carbocycles. The molecule has 1 aromatic rings. The van der Waals surface area contributed by atoms with Gasteiger partial charge in [0.15, 0.2) is 0 Å². The van der Waals surface area contributed by atoms with Gasteiger partial charge in [0, 0.05) is 43.3 Å². The largest absolute Gasteiger partial charge is 0.346 e. The van der Waals surface area contributed by atoms with E-state index in [9.17, 15) is 8.42 Å². The molecule has 1 fully saturated rings. The van der Waals surface area contributed by atoms with Gasteiger partial charge in [-0.15, -0.1) is 0 Å². The van der Waals surface area contributed by atoms with E-state index in [4.69, 9.17) is 5.73 Å². The molecule has 1 aliphatic carbocycles. The lowest BCUT2D eigenvalue weighted by Crippen LogP contribution is -2.38. The number of hydrogen-bond donors (Lipinski definition) is 1. The van der Waals surface area contributed by atoms with E-state index in [-0.39, 0.29) is 6.04 Å². The Morgan fingerprint density at radius 2 is 2.19 bits per heavy atom. The summed E-state index contributed by atoms with van der Waals surface area (Å²) in [6.07, 6.45) is 6.79. The molecule has 0 saturated heterocycles. The third-order valence-electron chi connectivity index (χ3n) is 4.08. The van der Waals surface area contributed by atoms with Gasteiger partial charge in [-0.25, -0.2) is 8.42 Å². The second-order valence-corrected chi connectivity index (χ2v) is 8.46. The van der Waals surface area contributed by atoms with Gasteiger partial charge in [0.25, 0.3) is 0 Å². The highest BCUT2D eigenvalue weighted by Gasteiger charge is 2.31. The molecule has 120 valence electrons. The molecule has 5 nitrogen and oxygen atoms in total. The maximum absolute atomic E-state index is 12.8. The van der Waals surface area contributed by atoms with Crippen LogP contribution in [0.1, 0.15) is 37.9 Å². The topological polar surface area (TPSA) is 68.3 Å². The summed E-state index contributed by atoms with van der Waals surface area (Å²) in [6.45, 7) is 2.39. The van der Waals surface area contributed by atoms with Gasteiger partial charge >= 0.3 is 0 Å². The average Bonchev–Trinajstić information content (AvgIpc) is 3.22. The van der Waals surface area contributed by atoms with Crippen LogP contribution in [0, 0.1) is 0 Å². The molecule has 1 heterocycles. The van der Waals surface area contributed by atoms with Crippen LogP contribution in [0.25, 0.3) is 0 Å². The molecule has 0 spiro atoms. The molecule has 0 aromatic carbocycles. The average molecular weight is 332 g/mol. The SMILES string of the molecule is CCC(CSC)N(C)S(=O)(=O)c1cc(CN)n(C2CC2)c1. The van der Waals surface area contributed by atoms with Crippen LogP contribution >= 0.6 is 11.8 Å². The number of nitrogens with two attached hydrogens (primary N) is 1. The first-order chi connectivity index (χ1) is 9.95. The summed E-state index contributed by atoms with van der Waals surface area (Å²) in [5.74, 6) is 0.805. The second kappa shape index (κ2) is 6.73. The molecule has 2 rings (SSSR count). The van der Waals surface area contributed by atoms with Crippen molar-refractivity contribution >= 4 is 21.8 Å². The maximum atomic E-state index is 12.8. The van der Waals surface area contributed by atoms with Gasteiger partial charge in [-0.2, -0.15) is 16.1 Å². The van der Waals surface area contributed by atoms with Crippen LogP contribution in [-0.2, 0) is 16.6 Å². The first-order valence-corrected chi connectivity index (χ1v) is 10.2. The first kappa shape index (κ1) is 16.9. The quantitative estimate of drug-likeness (QED) is 0.791. The normalized spacial score (nSPS) is 17.4. The standard InChI is InChI=1S/C14H25N3O2S2/c1-4-11(10-20-3)16(2)21(18,19)14-7-13(8-15)17(9-14)12-5-6-12/h7,9,11-12H,4-6,8,10,15H2,1-3H3. The van der Waals surface area contributed by atoms with Crippen molar-refractivity contribution in [2.24, 2.45) is 5.73 Å². The van der Waals surface area contributed by atoms with E-state index >= 15 is 0 Å². The van der Waals surface area contributed by atoms with Gasteiger partial charge < -0.3 is 10.3 Å². The number of aromatic nitrogens is 1. The fourth-order valence-electron chi connectivity index (χ4n) is 2.53. The van der Waals surface area contributed by atoms with Gasteiger partial charge in [-0.1, -0.05) is 6.92 Å². The summed E-state index contributed by atoms with van der Waals surface area (Å²) in [5, 5.41) is 0. The molecule has 0 amide bonds. The summed E-state index contributed by atoms with van der Waals surface area (Å²) < 4.78 is 29.1. The Morgan fingerprint density at radius 3 is 2.67 bits per heavy atom. The predicted octanol–water partition coefficient (Wildman–Crippen LogP) is 2.04. The second-order valence-electron chi connectivity index (χ2n) is 5.55. The highest BCUT2D eigenvalue weighted by atomic mass is 32.2. The molecule has 2 N–H and O–H groups in total. The van der Waals surface area contributed by atoms with Crippen molar-refractivity contribution in [3.05, 3.63) is 18.0 Å². The Hall–Kier alpha value is -0.500. The van der Waals surface area contributed by atoms with Crippen LogP contribution in [0.2, 0.25) is 0 Å². The zero-order valence-electron chi connectivity index (χ0n) is 12.9. The fraction of sp³-hybridized carbons (Fsp3) is 0.714. The lowest BCUT2D eigenvalue weighted by molar-refractivity contribution is 0.385. The van der Waals surface area contributed by atoms with Gasteiger partial charge in [-0.05, 0) is 31.6 Å². The van der Waals surface area contributed by atoms with E-state index < -0.39 is 10.0 Å². The van der Waals surface area contributed by atoms with E-state index in [0.717, 1.165) is 30.7 Å². The Balaban J connectivity index is 2.30. The molecule has 1 atom stereocenters. The summed E-state index contributed by atoms with van der Waals surface area (Å²) in [5.41, 5.74) is 6.65. The van der Waals surface area contributed by atoms with Crippen LogP contribution < -0.4 is 5.73 Å². The number of sulfonamides is 1. The van der Waals surface area contributed by atoms with Crippen molar-refractivity contribution in [3.63, 3.8) is 0 Å². The van der Waals surface area contributed by atoms with E-state index in [0.29, 0.717) is 17.5 Å². The van der Waals surface area contributed by atoms with Gasteiger partial charge in [-0.3, -0.25) is 0 Å². The lowest BCUT2D eigenvalue weighted by atomic mass is 10.3. The Bertz CT molecular complexity index is 579. The molecule has 0 radical (unpaired) electrons. The molecule has 21 heavy (non-hydrogen) atoms. The third-order valence-corrected chi connectivity index (χ3v) is 6.67. The minimum atomic E-state index is -3.45. The zero-order valence-corrected chi connectivity index (χ0v) is 14.6. The molecular weight excluding hydrogens is 306 g/mol. The Labute approximate surface area is 131 Å². The minimum absolute atomic E-state index is 0.0237. The Morgan fingerprint density at radius 1 is 1.52 bits per heavy atom. The summed E-state index contributed by atoms with van der Waals surface area (Å²) in [4.78, 5) is 0.372. The van der Waals surface area contributed by atoms with Crippen LogP contribution in [0.15, 0.2) is 17.2 Å². The van der Waals surface area contributed by atoms with Crippen molar-refractivity contribution in [3.8, 4) is 0 Å². The molecule has 1 aromatic heterocycles.